The maximum atomic E-state index is 10.6. The van der Waals surface area contributed by atoms with Crippen LogP contribution in [-0.2, 0) is 0 Å². The number of nitrogens with two attached hydrogens (primary N) is 2. The van der Waals surface area contributed by atoms with Crippen molar-refractivity contribution in [2.75, 3.05) is 5.75 Å². The van der Waals surface area contributed by atoms with E-state index in [0.29, 0.717) is 11.7 Å². The fourth-order valence-electron chi connectivity index (χ4n) is 4.60. The van der Waals surface area contributed by atoms with Crippen LogP contribution in [0.4, 0.5) is 5.69 Å². The summed E-state index contributed by atoms with van der Waals surface area (Å²) in [5.74, 6) is 3.12. The molecule has 2 unspecified atom stereocenters. The number of phenolic OH excluding ortho intramolecular Hbond substituents is 1. The maximum absolute atomic E-state index is 10.6. The van der Waals surface area contributed by atoms with Crippen molar-refractivity contribution < 1.29 is 9.84 Å². The SMILES string of the molecule is Cc1c(C)c2c(c(C)c1O)C(CCCCCCSc1ccc(N=C(N)N)cc1)CC(C)O2. The molecule has 32 heavy (non-hydrogen) atoms. The molecule has 2 aromatic rings. The summed E-state index contributed by atoms with van der Waals surface area (Å²) in [5, 5.41) is 10.6. The predicted octanol–water partition coefficient (Wildman–Crippen LogP) is 6.22. The lowest BCUT2D eigenvalue weighted by Crippen LogP contribution is -2.24. The number of unbranched alkanes of at least 4 members (excludes halogenated alkanes) is 3. The highest BCUT2D eigenvalue weighted by Gasteiger charge is 2.30. The first kappa shape index (κ1) is 24.3. The summed E-state index contributed by atoms with van der Waals surface area (Å²) in [5.41, 5.74) is 15.9. The molecule has 0 aromatic heterocycles. The molecular weight excluding hydrogens is 418 g/mol. The van der Waals surface area contributed by atoms with Crippen LogP contribution >= 0.6 is 11.8 Å². The van der Waals surface area contributed by atoms with Gasteiger partial charge in [0, 0.05) is 10.5 Å². The van der Waals surface area contributed by atoms with Gasteiger partial charge in [-0.3, -0.25) is 0 Å². The van der Waals surface area contributed by atoms with Crippen LogP contribution in [-0.4, -0.2) is 22.9 Å². The average Bonchev–Trinajstić information content (AvgIpc) is 2.76. The fraction of sp³-hybridized carbons (Fsp3) is 0.500. The number of fused-ring (bicyclic) bond motifs is 1. The van der Waals surface area contributed by atoms with E-state index in [0.717, 1.165) is 46.7 Å². The minimum absolute atomic E-state index is 0.0845. The zero-order chi connectivity index (χ0) is 23.3. The number of hydrogen-bond acceptors (Lipinski definition) is 4. The summed E-state index contributed by atoms with van der Waals surface area (Å²) in [4.78, 5) is 5.29. The van der Waals surface area contributed by atoms with E-state index in [9.17, 15) is 5.11 Å². The number of ether oxygens (including phenoxy) is 1. The minimum Gasteiger partial charge on any atom is -0.507 e. The molecule has 2 aromatic carbocycles. The second-order valence-corrected chi connectivity index (χ2v) is 10.1. The lowest BCUT2D eigenvalue weighted by atomic mass is 9.81. The molecule has 0 saturated heterocycles. The van der Waals surface area contributed by atoms with E-state index >= 15 is 0 Å². The van der Waals surface area contributed by atoms with Crippen LogP contribution in [0.25, 0.3) is 0 Å². The number of rotatable bonds is 9. The second kappa shape index (κ2) is 11.0. The lowest BCUT2D eigenvalue weighted by molar-refractivity contribution is 0.170. The zero-order valence-electron chi connectivity index (χ0n) is 19.8. The number of nitrogens with zero attached hydrogens (tertiary/aromatic N) is 1. The number of thioether (sulfide) groups is 1. The van der Waals surface area contributed by atoms with Crippen molar-refractivity contribution in [1.82, 2.24) is 0 Å². The van der Waals surface area contributed by atoms with Crippen LogP contribution < -0.4 is 16.2 Å². The topological polar surface area (TPSA) is 93.9 Å². The summed E-state index contributed by atoms with van der Waals surface area (Å²) in [6.45, 7) is 8.24. The summed E-state index contributed by atoms with van der Waals surface area (Å²) in [6.07, 6.45) is 7.30. The minimum atomic E-state index is 0.0845. The molecule has 0 aliphatic carbocycles. The Morgan fingerprint density at radius 1 is 1.03 bits per heavy atom. The van der Waals surface area contributed by atoms with Gasteiger partial charge in [0.1, 0.15) is 11.5 Å². The van der Waals surface area contributed by atoms with Crippen molar-refractivity contribution in [3.8, 4) is 11.5 Å². The smallest absolute Gasteiger partial charge is 0.191 e. The van der Waals surface area contributed by atoms with E-state index < -0.39 is 0 Å². The number of hydrogen-bond donors (Lipinski definition) is 3. The van der Waals surface area contributed by atoms with Gasteiger partial charge >= 0.3 is 0 Å². The van der Waals surface area contributed by atoms with Crippen molar-refractivity contribution in [2.45, 2.75) is 83.1 Å². The quantitative estimate of drug-likeness (QED) is 0.181. The molecule has 2 atom stereocenters. The van der Waals surface area contributed by atoms with Gasteiger partial charge in [-0.05, 0) is 99.6 Å². The van der Waals surface area contributed by atoms with Crippen LogP contribution in [0.3, 0.4) is 0 Å². The van der Waals surface area contributed by atoms with Gasteiger partial charge in [-0.15, -0.1) is 11.8 Å². The highest BCUT2D eigenvalue weighted by Crippen LogP contribution is 2.47. The first-order chi connectivity index (χ1) is 15.3. The van der Waals surface area contributed by atoms with E-state index in [-0.39, 0.29) is 12.1 Å². The third kappa shape index (κ3) is 5.91. The number of guanidine groups is 1. The van der Waals surface area contributed by atoms with E-state index in [1.165, 1.54) is 36.1 Å². The Morgan fingerprint density at radius 3 is 2.41 bits per heavy atom. The lowest BCUT2D eigenvalue weighted by Gasteiger charge is -2.34. The normalized spacial score (nSPS) is 17.5. The van der Waals surface area contributed by atoms with Gasteiger partial charge in [-0.1, -0.05) is 19.3 Å². The highest BCUT2D eigenvalue weighted by atomic mass is 32.2. The van der Waals surface area contributed by atoms with Gasteiger partial charge in [0.15, 0.2) is 5.96 Å². The average molecular weight is 456 g/mol. The molecule has 5 N–H and O–H groups in total. The Morgan fingerprint density at radius 2 is 1.72 bits per heavy atom. The second-order valence-electron chi connectivity index (χ2n) is 8.91. The summed E-state index contributed by atoms with van der Waals surface area (Å²) in [6, 6.07) is 8.02. The molecule has 5 nitrogen and oxygen atoms in total. The molecule has 1 heterocycles. The van der Waals surface area contributed by atoms with Crippen molar-refractivity contribution >= 4 is 23.4 Å². The largest absolute Gasteiger partial charge is 0.507 e. The summed E-state index contributed by atoms with van der Waals surface area (Å²) < 4.78 is 6.20. The van der Waals surface area contributed by atoms with Crippen LogP contribution in [0, 0.1) is 20.8 Å². The van der Waals surface area contributed by atoms with Crippen LogP contribution in [0.1, 0.15) is 73.6 Å². The molecule has 0 spiro atoms. The molecule has 0 bridgehead atoms. The summed E-state index contributed by atoms with van der Waals surface area (Å²) >= 11 is 1.88. The number of aromatic hydroxyl groups is 1. The predicted molar refractivity (Wildman–Crippen MR) is 135 cm³/mol. The molecular formula is C26H37N3O2S. The van der Waals surface area contributed by atoms with Gasteiger partial charge in [0.25, 0.3) is 0 Å². The number of aliphatic imine (C=N–C) groups is 1. The zero-order valence-corrected chi connectivity index (χ0v) is 20.6. The molecule has 174 valence electrons. The van der Waals surface area contributed by atoms with Gasteiger partial charge in [-0.2, -0.15) is 0 Å². The fourth-order valence-corrected chi connectivity index (χ4v) is 5.52. The van der Waals surface area contributed by atoms with Crippen LogP contribution in [0.5, 0.6) is 11.5 Å². The molecule has 0 amide bonds. The Hall–Kier alpha value is -2.34. The van der Waals surface area contributed by atoms with E-state index in [1.54, 1.807) is 0 Å². The molecule has 6 heteroatoms. The van der Waals surface area contributed by atoms with Crippen molar-refractivity contribution in [1.29, 1.82) is 0 Å². The van der Waals surface area contributed by atoms with Crippen LogP contribution in [0.2, 0.25) is 0 Å². The number of benzene rings is 2. The molecule has 3 rings (SSSR count). The Kier molecular flexibility index (Phi) is 8.35. The highest BCUT2D eigenvalue weighted by molar-refractivity contribution is 7.99. The maximum Gasteiger partial charge on any atom is 0.191 e. The van der Waals surface area contributed by atoms with Gasteiger partial charge < -0.3 is 21.3 Å². The van der Waals surface area contributed by atoms with Gasteiger partial charge in [0.2, 0.25) is 0 Å². The van der Waals surface area contributed by atoms with E-state index in [1.807, 2.05) is 37.7 Å². The molecule has 0 fully saturated rings. The molecule has 0 radical (unpaired) electrons. The van der Waals surface area contributed by atoms with Crippen molar-refractivity contribution in [3.05, 3.63) is 46.5 Å². The Balaban J connectivity index is 1.44. The number of phenols is 1. The van der Waals surface area contributed by atoms with Gasteiger partial charge in [0.05, 0.1) is 11.8 Å². The van der Waals surface area contributed by atoms with E-state index in [4.69, 9.17) is 16.2 Å². The molecule has 1 aliphatic heterocycles. The van der Waals surface area contributed by atoms with Crippen molar-refractivity contribution in [2.24, 2.45) is 16.5 Å². The third-order valence-corrected chi connectivity index (χ3v) is 7.51. The third-order valence-electron chi connectivity index (χ3n) is 6.42. The van der Waals surface area contributed by atoms with Crippen molar-refractivity contribution in [3.63, 3.8) is 0 Å². The standard InChI is InChI=1S/C26H37N3O2S/c1-16-15-20(23-19(4)24(30)17(2)18(3)25(23)31-16)9-7-5-6-8-14-32-22-12-10-21(11-13-22)29-26(27)28/h10-13,16,20,30H,5-9,14-15H2,1-4H3,(H4,27,28,29). The Labute approximate surface area is 196 Å². The van der Waals surface area contributed by atoms with E-state index in [2.05, 4.69) is 31.0 Å². The van der Waals surface area contributed by atoms with Crippen LogP contribution in [0.15, 0.2) is 34.2 Å². The monoisotopic (exact) mass is 455 g/mol. The molecule has 0 saturated carbocycles. The first-order valence-electron chi connectivity index (χ1n) is 11.6. The van der Waals surface area contributed by atoms with Gasteiger partial charge in [-0.25, -0.2) is 4.99 Å². The molecule has 1 aliphatic rings. The Bertz CT molecular complexity index is 953. The first-order valence-corrected chi connectivity index (χ1v) is 12.6. The summed E-state index contributed by atoms with van der Waals surface area (Å²) in [7, 11) is 0.